The van der Waals surface area contributed by atoms with Gasteiger partial charge in [-0.3, -0.25) is 4.79 Å². The molecule has 29 heavy (non-hydrogen) atoms. The van der Waals surface area contributed by atoms with Gasteiger partial charge in [0, 0.05) is 30.4 Å². The zero-order chi connectivity index (χ0) is 20.7. The van der Waals surface area contributed by atoms with E-state index in [1.165, 1.54) is 0 Å². The Labute approximate surface area is 174 Å². The highest BCUT2D eigenvalue weighted by atomic mass is 32.1. The molecule has 1 N–H and O–H groups in total. The lowest BCUT2D eigenvalue weighted by molar-refractivity contribution is -0.159. The predicted molar refractivity (Wildman–Crippen MR) is 107 cm³/mol. The fraction of sp³-hybridized carbons (Fsp3) is 0.600. The van der Waals surface area contributed by atoms with Crippen LogP contribution in [0.15, 0.2) is 21.2 Å². The van der Waals surface area contributed by atoms with Gasteiger partial charge < -0.3 is 19.2 Å². The highest BCUT2D eigenvalue weighted by Crippen LogP contribution is 2.37. The average molecular weight is 422 g/mol. The van der Waals surface area contributed by atoms with Gasteiger partial charge in [-0.1, -0.05) is 12.8 Å². The average Bonchev–Trinajstić information content (AvgIpc) is 3.46. The van der Waals surface area contributed by atoms with Crippen molar-refractivity contribution >= 4 is 23.2 Å². The molecule has 9 heteroatoms. The van der Waals surface area contributed by atoms with Crippen molar-refractivity contribution in [3.8, 4) is 11.5 Å². The number of hydrogen-bond acceptors (Lipinski definition) is 8. The van der Waals surface area contributed by atoms with Crippen molar-refractivity contribution in [2.75, 3.05) is 13.2 Å². The Morgan fingerprint density at radius 3 is 2.72 bits per heavy atom. The van der Waals surface area contributed by atoms with E-state index in [2.05, 4.69) is 15.5 Å². The van der Waals surface area contributed by atoms with Crippen molar-refractivity contribution in [2.24, 2.45) is 0 Å². The van der Waals surface area contributed by atoms with Gasteiger partial charge in [0.25, 0.3) is 0 Å². The molecule has 0 aliphatic heterocycles. The zero-order valence-corrected chi connectivity index (χ0v) is 17.6. The Morgan fingerprint density at radius 2 is 2.07 bits per heavy atom. The van der Waals surface area contributed by atoms with E-state index >= 15 is 0 Å². The van der Waals surface area contributed by atoms with E-state index in [1.54, 1.807) is 18.3 Å². The van der Waals surface area contributed by atoms with Crippen molar-refractivity contribution in [3.05, 3.63) is 22.7 Å². The van der Waals surface area contributed by atoms with Gasteiger partial charge in [-0.25, -0.2) is 4.79 Å². The van der Waals surface area contributed by atoms with Gasteiger partial charge in [0.15, 0.2) is 6.04 Å². The molecule has 158 valence electrons. The molecule has 0 aromatic carbocycles. The number of hydrogen-bond donors (Lipinski definition) is 1. The fourth-order valence-corrected chi connectivity index (χ4v) is 4.35. The van der Waals surface area contributed by atoms with E-state index in [0.717, 1.165) is 31.2 Å². The first kappa shape index (κ1) is 21.4. The lowest BCUT2D eigenvalue weighted by atomic mass is 9.91. The summed E-state index contributed by atoms with van der Waals surface area (Å²) in [6, 6.07) is 1.08. The van der Waals surface area contributed by atoms with Gasteiger partial charge in [0.05, 0.1) is 12.2 Å². The zero-order valence-electron chi connectivity index (χ0n) is 16.8. The highest BCUT2D eigenvalue weighted by Gasteiger charge is 2.47. The first-order valence-electron chi connectivity index (χ1n) is 10.0. The summed E-state index contributed by atoms with van der Waals surface area (Å²) < 4.78 is 16.8. The van der Waals surface area contributed by atoms with Gasteiger partial charge in [-0.15, -0.1) is 10.2 Å². The summed E-state index contributed by atoms with van der Waals surface area (Å²) in [6.45, 7) is 4.37. The van der Waals surface area contributed by atoms with Gasteiger partial charge in [0.1, 0.15) is 0 Å². The van der Waals surface area contributed by atoms with Crippen LogP contribution in [0.4, 0.5) is 0 Å². The van der Waals surface area contributed by atoms with Gasteiger partial charge >= 0.3 is 5.97 Å². The van der Waals surface area contributed by atoms with Crippen LogP contribution in [-0.2, 0) is 25.5 Å². The van der Waals surface area contributed by atoms with Crippen LogP contribution in [0.2, 0.25) is 0 Å². The quantitative estimate of drug-likeness (QED) is 0.588. The molecule has 0 radical (unpaired) electrons. The topological polar surface area (TPSA) is 104 Å². The molecular formula is C20H27N3O5S. The highest BCUT2D eigenvalue weighted by molar-refractivity contribution is 7.08. The van der Waals surface area contributed by atoms with Crippen LogP contribution in [0.3, 0.4) is 0 Å². The van der Waals surface area contributed by atoms with Crippen molar-refractivity contribution in [1.29, 1.82) is 0 Å². The molecule has 1 aliphatic carbocycles. The molecule has 2 aromatic heterocycles. The molecule has 0 bridgehead atoms. The molecule has 1 aliphatic rings. The van der Waals surface area contributed by atoms with Crippen LogP contribution < -0.4 is 5.32 Å². The van der Waals surface area contributed by atoms with E-state index in [1.807, 2.05) is 23.8 Å². The molecule has 2 aromatic rings. The van der Waals surface area contributed by atoms with Crippen LogP contribution in [0.1, 0.15) is 51.8 Å². The lowest BCUT2D eigenvalue weighted by Gasteiger charge is -2.36. The maximum atomic E-state index is 12.6. The molecule has 1 atom stereocenters. The van der Waals surface area contributed by atoms with E-state index in [4.69, 9.17) is 13.9 Å². The minimum Gasteiger partial charge on any atom is -0.464 e. The second-order valence-corrected chi connectivity index (χ2v) is 7.75. The molecule has 8 nitrogen and oxygen atoms in total. The number of carbonyl (C=O) groups excluding carboxylic acids is 2. The Morgan fingerprint density at radius 1 is 1.28 bits per heavy atom. The fourth-order valence-electron chi connectivity index (χ4n) is 3.72. The molecule has 1 amide bonds. The number of ether oxygens (including phenoxy) is 2. The maximum Gasteiger partial charge on any atom is 0.331 e. The molecule has 0 saturated heterocycles. The van der Waals surface area contributed by atoms with Crippen molar-refractivity contribution < 1.29 is 23.5 Å². The standard InChI is InChI=1S/C20H27N3O5S/c1-3-26-19(25)17(20(27-4-2)10-5-6-11-20)21-15(24)7-8-16-22-23-18(28-16)14-9-12-29-13-14/h9,12-13,17H,3-8,10-11H2,1-2H3,(H,21,24)/t17-/m0/s1. The molecule has 1 fully saturated rings. The molecule has 0 unspecified atom stereocenters. The SMILES string of the molecule is CCOC(=O)[C@H](NC(=O)CCc1nnc(-c2ccsc2)o1)C1(OCC)CCCC1. The first-order valence-corrected chi connectivity index (χ1v) is 11.0. The van der Waals surface area contributed by atoms with Crippen LogP contribution >= 0.6 is 11.3 Å². The van der Waals surface area contributed by atoms with E-state index in [0.29, 0.717) is 24.8 Å². The number of esters is 1. The predicted octanol–water partition coefficient (Wildman–Crippen LogP) is 3.13. The lowest BCUT2D eigenvalue weighted by Crippen LogP contribution is -2.57. The monoisotopic (exact) mass is 421 g/mol. The number of nitrogens with one attached hydrogen (secondary N) is 1. The van der Waals surface area contributed by atoms with E-state index < -0.39 is 17.6 Å². The third-order valence-corrected chi connectivity index (χ3v) is 5.72. The number of aromatic nitrogens is 2. The van der Waals surface area contributed by atoms with Crippen molar-refractivity contribution in [2.45, 2.75) is 64.0 Å². The third kappa shape index (κ3) is 5.22. The second-order valence-electron chi connectivity index (χ2n) is 6.97. The third-order valence-electron chi connectivity index (χ3n) is 5.04. The van der Waals surface area contributed by atoms with Crippen LogP contribution in [-0.4, -0.2) is 46.9 Å². The van der Waals surface area contributed by atoms with Crippen LogP contribution in [0, 0.1) is 0 Å². The molecule has 3 rings (SSSR count). The number of carbonyl (C=O) groups is 2. The first-order chi connectivity index (χ1) is 14.1. The number of nitrogens with zero attached hydrogens (tertiary/aromatic N) is 2. The van der Waals surface area contributed by atoms with Crippen LogP contribution in [0.25, 0.3) is 11.5 Å². The van der Waals surface area contributed by atoms with Gasteiger partial charge in [-0.2, -0.15) is 11.3 Å². The Balaban J connectivity index is 1.63. The summed E-state index contributed by atoms with van der Waals surface area (Å²) in [5.41, 5.74) is 0.160. The maximum absolute atomic E-state index is 12.6. The summed E-state index contributed by atoms with van der Waals surface area (Å²) in [6.07, 6.45) is 3.78. The molecular weight excluding hydrogens is 394 g/mol. The van der Waals surface area contributed by atoms with Crippen molar-refractivity contribution in [1.82, 2.24) is 15.5 Å². The second kappa shape index (κ2) is 9.98. The summed E-state index contributed by atoms with van der Waals surface area (Å²) in [4.78, 5) is 25.2. The minimum absolute atomic E-state index is 0.128. The number of rotatable bonds is 10. The summed E-state index contributed by atoms with van der Waals surface area (Å²) in [5.74, 6) is 0.0970. The summed E-state index contributed by atoms with van der Waals surface area (Å²) >= 11 is 1.54. The van der Waals surface area contributed by atoms with Gasteiger partial charge in [-0.05, 0) is 38.1 Å². The van der Waals surface area contributed by atoms with E-state index in [9.17, 15) is 9.59 Å². The number of thiophene rings is 1. The summed E-state index contributed by atoms with van der Waals surface area (Å²) in [7, 11) is 0. The Bertz CT molecular complexity index is 799. The largest absolute Gasteiger partial charge is 0.464 e. The number of amides is 1. The number of aryl methyl sites for hydroxylation is 1. The summed E-state index contributed by atoms with van der Waals surface area (Å²) in [5, 5.41) is 14.7. The van der Waals surface area contributed by atoms with E-state index in [-0.39, 0.29) is 18.9 Å². The molecule has 0 spiro atoms. The minimum atomic E-state index is -0.818. The normalized spacial score (nSPS) is 16.5. The smallest absolute Gasteiger partial charge is 0.331 e. The van der Waals surface area contributed by atoms with Crippen LogP contribution in [0.5, 0.6) is 0 Å². The molecule has 1 saturated carbocycles. The van der Waals surface area contributed by atoms with Crippen molar-refractivity contribution in [3.63, 3.8) is 0 Å². The Kier molecular flexibility index (Phi) is 7.38. The van der Waals surface area contributed by atoms with Gasteiger partial charge in [0.2, 0.25) is 17.7 Å². The molecule has 2 heterocycles. The Hall–Kier alpha value is -2.26.